The molecule has 0 bridgehead atoms. The first-order valence-electron chi connectivity index (χ1n) is 8.99. The first-order chi connectivity index (χ1) is 12.9. The molecule has 2 aromatic carbocycles. The smallest absolute Gasteiger partial charge is 0.257 e. The Balaban J connectivity index is 2.24. The van der Waals surface area contributed by atoms with Crippen molar-refractivity contribution >= 4 is 16.9 Å². The lowest BCUT2D eigenvalue weighted by atomic mass is 10.0. The Hall–Kier alpha value is -3.14. The predicted octanol–water partition coefficient (Wildman–Crippen LogP) is 4.81. The molecule has 27 heavy (non-hydrogen) atoms. The molecule has 0 unspecified atom stereocenters. The molecule has 0 radical (unpaired) electrons. The second kappa shape index (κ2) is 7.62. The van der Waals surface area contributed by atoms with Gasteiger partial charge < -0.3 is 9.32 Å². The van der Waals surface area contributed by atoms with Crippen LogP contribution in [-0.2, 0) is 0 Å². The third-order valence-electron chi connectivity index (χ3n) is 4.54. The molecule has 1 aromatic heterocycles. The number of hydrogen-bond acceptors (Lipinski definition) is 3. The van der Waals surface area contributed by atoms with Crippen molar-refractivity contribution in [2.45, 2.75) is 20.8 Å². The maximum absolute atomic E-state index is 13.1. The van der Waals surface area contributed by atoms with Crippen molar-refractivity contribution in [3.05, 3.63) is 82.0 Å². The Kier molecular flexibility index (Phi) is 5.26. The molecule has 1 heterocycles. The molecule has 0 N–H and O–H groups in total. The van der Waals surface area contributed by atoms with E-state index in [-0.39, 0.29) is 11.3 Å². The van der Waals surface area contributed by atoms with Crippen molar-refractivity contribution in [1.82, 2.24) is 4.90 Å². The van der Waals surface area contributed by atoms with Crippen LogP contribution in [-0.4, -0.2) is 23.9 Å². The van der Waals surface area contributed by atoms with Crippen molar-refractivity contribution in [1.29, 1.82) is 0 Å². The molecule has 0 saturated heterocycles. The highest BCUT2D eigenvalue weighted by atomic mass is 16.3. The molecule has 3 aromatic rings. The summed E-state index contributed by atoms with van der Waals surface area (Å²) in [5.74, 6) is 0.327. The van der Waals surface area contributed by atoms with Crippen LogP contribution in [0.25, 0.3) is 22.3 Å². The largest absolute Gasteiger partial charge is 0.455 e. The highest BCUT2D eigenvalue weighted by Crippen LogP contribution is 2.27. The molecule has 0 aliphatic carbocycles. The van der Waals surface area contributed by atoms with Gasteiger partial charge in [-0.3, -0.25) is 9.59 Å². The van der Waals surface area contributed by atoms with Crippen molar-refractivity contribution in [2.75, 3.05) is 13.1 Å². The lowest BCUT2D eigenvalue weighted by molar-refractivity contribution is 0.0779. The SMILES string of the molecule is C=C(C)CN(CC)C(=O)c1cccc2c(=O)c(C)c(-c3ccccc3)oc12. The van der Waals surface area contributed by atoms with Gasteiger partial charge in [0.1, 0.15) is 5.76 Å². The minimum Gasteiger partial charge on any atom is -0.455 e. The van der Waals surface area contributed by atoms with Gasteiger partial charge in [-0.25, -0.2) is 0 Å². The number of carbonyl (C=O) groups excluding carboxylic acids is 1. The average molecular weight is 361 g/mol. The average Bonchev–Trinajstić information content (AvgIpc) is 2.68. The summed E-state index contributed by atoms with van der Waals surface area (Å²) in [7, 11) is 0. The maximum Gasteiger partial charge on any atom is 0.257 e. The van der Waals surface area contributed by atoms with Crippen LogP contribution in [0.4, 0.5) is 0 Å². The van der Waals surface area contributed by atoms with E-state index in [1.54, 1.807) is 30.0 Å². The van der Waals surface area contributed by atoms with Gasteiger partial charge in [0.15, 0.2) is 11.0 Å². The normalized spacial score (nSPS) is 10.8. The molecule has 0 fully saturated rings. The Morgan fingerprint density at radius 3 is 2.44 bits per heavy atom. The maximum atomic E-state index is 13.1. The summed E-state index contributed by atoms with van der Waals surface area (Å²) in [6, 6.07) is 14.6. The van der Waals surface area contributed by atoms with Gasteiger partial charge in [-0.1, -0.05) is 48.6 Å². The second-order valence-corrected chi connectivity index (χ2v) is 6.71. The fraction of sp³-hybridized carbons (Fsp3) is 0.217. The number of nitrogens with zero attached hydrogens (tertiary/aromatic N) is 1. The van der Waals surface area contributed by atoms with Crippen LogP contribution in [0.5, 0.6) is 0 Å². The van der Waals surface area contributed by atoms with Gasteiger partial charge >= 0.3 is 0 Å². The minimum absolute atomic E-state index is 0.118. The molecular weight excluding hydrogens is 338 g/mol. The molecule has 4 heteroatoms. The summed E-state index contributed by atoms with van der Waals surface area (Å²) < 4.78 is 6.14. The van der Waals surface area contributed by atoms with E-state index in [1.807, 2.05) is 44.2 Å². The predicted molar refractivity (Wildman–Crippen MR) is 109 cm³/mol. The van der Waals surface area contributed by atoms with Crippen LogP contribution >= 0.6 is 0 Å². The number of rotatable bonds is 5. The lowest BCUT2D eigenvalue weighted by Crippen LogP contribution is -2.32. The molecule has 1 amide bonds. The summed E-state index contributed by atoms with van der Waals surface area (Å²) in [4.78, 5) is 27.7. The molecule has 0 atom stereocenters. The van der Waals surface area contributed by atoms with Crippen LogP contribution < -0.4 is 5.43 Å². The zero-order valence-electron chi connectivity index (χ0n) is 15.9. The van der Waals surface area contributed by atoms with E-state index in [2.05, 4.69) is 6.58 Å². The summed E-state index contributed by atoms with van der Waals surface area (Å²) in [5.41, 5.74) is 2.85. The molecule has 138 valence electrons. The zero-order valence-corrected chi connectivity index (χ0v) is 15.9. The van der Waals surface area contributed by atoms with E-state index in [9.17, 15) is 9.59 Å². The number of likely N-dealkylation sites (N-methyl/N-ethyl adjacent to an activating group) is 1. The van der Waals surface area contributed by atoms with E-state index in [0.717, 1.165) is 11.1 Å². The Labute approximate surface area is 158 Å². The van der Waals surface area contributed by atoms with Gasteiger partial charge in [0.05, 0.1) is 10.9 Å². The molecule has 0 aliphatic heterocycles. The number of para-hydroxylation sites is 1. The molecule has 3 rings (SSSR count). The monoisotopic (exact) mass is 361 g/mol. The first kappa shape index (κ1) is 18.6. The van der Waals surface area contributed by atoms with E-state index in [0.29, 0.717) is 40.9 Å². The third-order valence-corrected chi connectivity index (χ3v) is 4.54. The fourth-order valence-corrected chi connectivity index (χ4v) is 3.17. The van der Waals surface area contributed by atoms with E-state index >= 15 is 0 Å². The highest BCUT2D eigenvalue weighted by molar-refractivity contribution is 6.05. The fourth-order valence-electron chi connectivity index (χ4n) is 3.17. The van der Waals surface area contributed by atoms with Gasteiger partial charge in [-0.05, 0) is 32.9 Å². The van der Waals surface area contributed by atoms with Crippen LogP contribution in [0.15, 0.2) is 69.9 Å². The van der Waals surface area contributed by atoms with Crippen molar-refractivity contribution in [2.24, 2.45) is 0 Å². The molecule has 4 nitrogen and oxygen atoms in total. The van der Waals surface area contributed by atoms with Crippen LogP contribution in [0, 0.1) is 6.92 Å². The second-order valence-electron chi connectivity index (χ2n) is 6.71. The lowest BCUT2D eigenvalue weighted by Gasteiger charge is -2.21. The molecule has 0 spiro atoms. The Morgan fingerprint density at radius 2 is 1.81 bits per heavy atom. The van der Waals surface area contributed by atoms with Crippen molar-refractivity contribution in [3.63, 3.8) is 0 Å². The van der Waals surface area contributed by atoms with Gasteiger partial charge in [-0.2, -0.15) is 0 Å². The van der Waals surface area contributed by atoms with Crippen LogP contribution in [0.2, 0.25) is 0 Å². The highest BCUT2D eigenvalue weighted by Gasteiger charge is 2.21. The first-order valence-corrected chi connectivity index (χ1v) is 8.99. The summed E-state index contributed by atoms with van der Waals surface area (Å²) in [6.45, 7) is 10.5. The number of amides is 1. The minimum atomic E-state index is -0.169. The Bertz CT molecular complexity index is 1060. The summed E-state index contributed by atoms with van der Waals surface area (Å²) in [6.07, 6.45) is 0. The van der Waals surface area contributed by atoms with E-state index < -0.39 is 0 Å². The van der Waals surface area contributed by atoms with Crippen molar-refractivity contribution in [3.8, 4) is 11.3 Å². The van der Waals surface area contributed by atoms with Crippen molar-refractivity contribution < 1.29 is 9.21 Å². The molecular formula is C23H23NO3. The number of fused-ring (bicyclic) bond motifs is 1. The number of carbonyl (C=O) groups is 1. The van der Waals surface area contributed by atoms with E-state index in [1.165, 1.54) is 0 Å². The molecule has 0 saturated carbocycles. The number of hydrogen-bond donors (Lipinski definition) is 0. The third kappa shape index (κ3) is 3.56. The zero-order chi connectivity index (χ0) is 19.6. The summed E-state index contributed by atoms with van der Waals surface area (Å²) >= 11 is 0. The van der Waals surface area contributed by atoms with Crippen LogP contribution in [0.1, 0.15) is 29.8 Å². The van der Waals surface area contributed by atoms with E-state index in [4.69, 9.17) is 4.42 Å². The standard InChI is InChI=1S/C23H23NO3/c1-5-24(14-15(2)3)23(26)19-13-9-12-18-20(25)16(4)21(27-22(18)19)17-10-7-6-8-11-17/h6-13H,2,5,14H2,1,3-4H3. The van der Waals surface area contributed by atoms with Crippen LogP contribution in [0.3, 0.4) is 0 Å². The van der Waals surface area contributed by atoms with Gasteiger partial charge in [-0.15, -0.1) is 0 Å². The van der Waals surface area contributed by atoms with Gasteiger partial charge in [0.2, 0.25) is 0 Å². The quantitative estimate of drug-likeness (QED) is 0.613. The van der Waals surface area contributed by atoms with Gasteiger partial charge in [0, 0.05) is 24.2 Å². The molecule has 0 aliphatic rings. The number of benzene rings is 2. The van der Waals surface area contributed by atoms with Gasteiger partial charge in [0.25, 0.3) is 5.91 Å². The Morgan fingerprint density at radius 1 is 1.11 bits per heavy atom. The summed E-state index contributed by atoms with van der Waals surface area (Å²) in [5, 5.41) is 0.421. The topological polar surface area (TPSA) is 50.5 Å².